The highest BCUT2D eigenvalue weighted by atomic mass is 32.1. The second kappa shape index (κ2) is 6.15. The van der Waals surface area contributed by atoms with E-state index in [0.29, 0.717) is 9.71 Å². The number of carboxylic acid groups (broad SMARTS) is 1. The summed E-state index contributed by atoms with van der Waals surface area (Å²) in [5, 5.41) is 13.3. The molecule has 20 heavy (non-hydrogen) atoms. The van der Waals surface area contributed by atoms with Crippen LogP contribution in [-0.4, -0.2) is 53.1 Å². The number of rotatable bonds is 6. The summed E-state index contributed by atoms with van der Waals surface area (Å²) in [6, 6.07) is 0. The normalized spacial score (nSPS) is 11.2. The van der Waals surface area contributed by atoms with Crippen LogP contribution in [0.1, 0.15) is 21.7 Å². The monoisotopic (exact) mass is 294 g/mol. The van der Waals surface area contributed by atoms with E-state index in [4.69, 9.17) is 5.11 Å². The molecule has 2 aromatic heterocycles. The minimum atomic E-state index is -0.913. The van der Waals surface area contributed by atoms with Crippen molar-refractivity contribution in [1.82, 2.24) is 14.9 Å². The smallest absolute Gasteiger partial charge is 0.346 e. The minimum absolute atomic E-state index is 0.330. The van der Waals surface area contributed by atoms with Gasteiger partial charge in [-0.15, -0.1) is 11.3 Å². The maximum atomic E-state index is 11.2. The van der Waals surface area contributed by atoms with Gasteiger partial charge in [-0.25, -0.2) is 14.8 Å². The number of aromatic nitrogens is 2. The van der Waals surface area contributed by atoms with Crippen molar-refractivity contribution < 1.29 is 9.90 Å². The molecule has 0 aliphatic carbocycles. The zero-order valence-corrected chi connectivity index (χ0v) is 12.6. The zero-order valence-electron chi connectivity index (χ0n) is 11.8. The predicted octanol–water partition coefficient (Wildman–Crippen LogP) is 2.06. The molecular weight excluding hydrogens is 276 g/mol. The van der Waals surface area contributed by atoms with Crippen LogP contribution in [0.25, 0.3) is 10.2 Å². The lowest BCUT2D eigenvalue weighted by molar-refractivity contribution is 0.0701. The highest BCUT2D eigenvalue weighted by molar-refractivity contribution is 7.20. The molecule has 0 radical (unpaired) electrons. The minimum Gasteiger partial charge on any atom is -0.477 e. The molecule has 0 unspecified atom stereocenters. The van der Waals surface area contributed by atoms with Gasteiger partial charge in [0.15, 0.2) is 0 Å². The van der Waals surface area contributed by atoms with Gasteiger partial charge in [0.05, 0.1) is 5.39 Å². The average Bonchev–Trinajstić information content (AvgIpc) is 2.73. The largest absolute Gasteiger partial charge is 0.477 e. The molecule has 2 rings (SSSR count). The molecule has 108 valence electrons. The van der Waals surface area contributed by atoms with E-state index < -0.39 is 5.97 Å². The fraction of sp³-hybridized carbons (Fsp3) is 0.462. The van der Waals surface area contributed by atoms with E-state index in [0.717, 1.165) is 36.3 Å². The summed E-state index contributed by atoms with van der Waals surface area (Å²) < 4.78 is 0. The molecule has 0 bridgehead atoms. The Morgan fingerprint density at radius 3 is 2.85 bits per heavy atom. The number of hydrogen-bond acceptors (Lipinski definition) is 6. The molecular formula is C13H18N4O2S. The molecule has 2 N–H and O–H groups in total. The van der Waals surface area contributed by atoms with Crippen molar-refractivity contribution in [2.45, 2.75) is 13.3 Å². The molecule has 0 atom stereocenters. The third kappa shape index (κ3) is 3.05. The first-order valence-electron chi connectivity index (χ1n) is 6.36. The van der Waals surface area contributed by atoms with Gasteiger partial charge in [-0.3, -0.25) is 0 Å². The van der Waals surface area contributed by atoms with E-state index in [2.05, 4.69) is 20.2 Å². The summed E-state index contributed by atoms with van der Waals surface area (Å²) in [7, 11) is 4.07. The first-order valence-corrected chi connectivity index (χ1v) is 7.18. The van der Waals surface area contributed by atoms with Crippen molar-refractivity contribution in [3.8, 4) is 0 Å². The second-order valence-electron chi connectivity index (χ2n) is 4.85. The van der Waals surface area contributed by atoms with Crippen LogP contribution in [0.5, 0.6) is 0 Å². The number of carbonyl (C=O) groups is 1. The van der Waals surface area contributed by atoms with Crippen LogP contribution in [-0.2, 0) is 0 Å². The predicted molar refractivity (Wildman–Crippen MR) is 80.8 cm³/mol. The quantitative estimate of drug-likeness (QED) is 0.794. The van der Waals surface area contributed by atoms with Crippen LogP contribution in [0.3, 0.4) is 0 Å². The summed E-state index contributed by atoms with van der Waals surface area (Å²) in [6.45, 7) is 3.59. The molecule has 2 heterocycles. The summed E-state index contributed by atoms with van der Waals surface area (Å²) in [5.41, 5.74) is 0.730. The van der Waals surface area contributed by atoms with Gasteiger partial charge in [0.2, 0.25) is 0 Å². The molecule has 0 aliphatic heterocycles. The Hall–Kier alpha value is -1.73. The standard InChI is InChI=1S/C13H18N4O2S/c1-8-9-11(14-5-4-6-17(2)3)15-7-16-12(9)20-10(8)13(18)19/h7H,4-6H2,1-3H3,(H,18,19)(H,14,15,16). The number of carboxylic acids is 1. The number of thiophene rings is 1. The fourth-order valence-electron chi connectivity index (χ4n) is 2.01. The molecule has 0 saturated carbocycles. The van der Waals surface area contributed by atoms with Crippen LogP contribution in [0.15, 0.2) is 6.33 Å². The van der Waals surface area contributed by atoms with E-state index in [1.807, 2.05) is 14.1 Å². The number of aromatic carboxylic acids is 1. The Labute approximate surface area is 121 Å². The number of anilines is 1. The molecule has 0 amide bonds. The second-order valence-corrected chi connectivity index (χ2v) is 5.85. The lowest BCUT2D eigenvalue weighted by Crippen LogP contribution is -2.16. The van der Waals surface area contributed by atoms with Crippen LogP contribution in [0, 0.1) is 6.92 Å². The van der Waals surface area contributed by atoms with Crippen molar-refractivity contribution in [1.29, 1.82) is 0 Å². The van der Waals surface area contributed by atoms with Gasteiger partial charge in [-0.2, -0.15) is 0 Å². The van der Waals surface area contributed by atoms with Crippen molar-refractivity contribution in [2.24, 2.45) is 0 Å². The third-order valence-electron chi connectivity index (χ3n) is 3.00. The third-order valence-corrected chi connectivity index (χ3v) is 4.18. The molecule has 0 aliphatic rings. The number of aryl methyl sites for hydroxylation is 1. The maximum absolute atomic E-state index is 11.2. The van der Waals surface area contributed by atoms with Crippen LogP contribution < -0.4 is 5.32 Å². The van der Waals surface area contributed by atoms with E-state index in [1.54, 1.807) is 6.92 Å². The van der Waals surface area contributed by atoms with Crippen LogP contribution in [0.2, 0.25) is 0 Å². The van der Waals surface area contributed by atoms with Crippen molar-refractivity contribution in [3.63, 3.8) is 0 Å². The maximum Gasteiger partial charge on any atom is 0.346 e. The highest BCUT2D eigenvalue weighted by Gasteiger charge is 2.18. The Bertz CT molecular complexity index is 624. The van der Waals surface area contributed by atoms with Gasteiger partial charge < -0.3 is 15.3 Å². The SMILES string of the molecule is Cc1c(C(=O)O)sc2ncnc(NCCCN(C)C)c12. The molecule has 7 heteroatoms. The molecule has 0 spiro atoms. The van der Waals surface area contributed by atoms with Gasteiger partial charge in [0.25, 0.3) is 0 Å². The van der Waals surface area contributed by atoms with E-state index in [1.165, 1.54) is 17.7 Å². The van der Waals surface area contributed by atoms with Crippen molar-refractivity contribution in [2.75, 3.05) is 32.5 Å². The number of fused-ring (bicyclic) bond motifs is 1. The zero-order chi connectivity index (χ0) is 14.7. The Balaban J connectivity index is 2.23. The number of nitrogens with one attached hydrogen (secondary N) is 1. The first kappa shape index (κ1) is 14.7. The summed E-state index contributed by atoms with van der Waals surface area (Å²) >= 11 is 1.19. The van der Waals surface area contributed by atoms with Crippen LogP contribution in [0.4, 0.5) is 5.82 Å². The van der Waals surface area contributed by atoms with Crippen molar-refractivity contribution >= 4 is 33.3 Å². The molecule has 0 saturated heterocycles. The Morgan fingerprint density at radius 2 is 2.20 bits per heavy atom. The van der Waals surface area contributed by atoms with Crippen molar-refractivity contribution in [3.05, 3.63) is 16.8 Å². The molecule has 0 aromatic carbocycles. The van der Waals surface area contributed by atoms with Gasteiger partial charge >= 0.3 is 5.97 Å². The first-order chi connectivity index (χ1) is 9.50. The topological polar surface area (TPSA) is 78.3 Å². The van der Waals surface area contributed by atoms with Gasteiger partial charge in [0.1, 0.15) is 21.9 Å². The van der Waals surface area contributed by atoms with E-state index in [9.17, 15) is 4.79 Å². The lowest BCUT2D eigenvalue weighted by atomic mass is 10.2. The average molecular weight is 294 g/mol. The summed E-state index contributed by atoms with van der Waals surface area (Å²) in [6.07, 6.45) is 2.46. The van der Waals surface area contributed by atoms with Gasteiger partial charge in [0, 0.05) is 6.54 Å². The van der Waals surface area contributed by atoms with E-state index >= 15 is 0 Å². The summed E-state index contributed by atoms with van der Waals surface area (Å²) in [4.78, 5) is 22.7. The Kier molecular flexibility index (Phi) is 4.51. The van der Waals surface area contributed by atoms with Gasteiger partial charge in [-0.05, 0) is 39.5 Å². The van der Waals surface area contributed by atoms with Gasteiger partial charge in [-0.1, -0.05) is 0 Å². The molecule has 0 fully saturated rings. The Morgan fingerprint density at radius 1 is 1.45 bits per heavy atom. The molecule has 6 nitrogen and oxygen atoms in total. The molecule has 2 aromatic rings. The van der Waals surface area contributed by atoms with Crippen LogP contribution >= 0.6 is 11.3 Å². The number of nitrogens with zero attached hydrogens (tertiary/aromatic N) is 3. The van der Waals surface area contributed by atoms with E-state index in [-0.39, 0.29) is 0 Å². The fourth-order valence-corrected chi connectivity index (χ4v) is 3.00. The summed E-state index contributed by atoms with van der Waals surface area (Å²) in [5.74, 6) is -0.195. The lowest BCUT2D eigenvalue weighted by Gasteiger charge is -2.10. The number of hydrogen-bond donors (Lipinski definition) is 2. The highest BCUT2D eigenvalue weighted by Crippen LogP contribution is 2.33.